The first-order valence-electron chi connectivity index (χ1n) is 6.13. The Morgan fingerprint density at radius 1 is 1.35 bits per heavy atom. The number of aromatic nitrogens is 2. The van der Waals surface area contributed by atoms with Crippen LogP contribution in [-0.4, -0.2) is 21.6 Å². The average molecular weight is 312 g/mol. The van der Waals surface area contributed by atoms with Crippen LogP contribution in [0.4, 0.5) is 5.69 Å². The Bertz CT molecular complexity index is 604. The highest BCUT2D eigenvalue weighted by Gasteiger charge is 2.19. The minimum absolute atomic E-state index is 0.0806. The van der Waals surface area contributed by atoms with Crippen molar-refractivity contribution >= 4 is 34.8 Å². The lowest BCUT2D eigenvalue weighted by molar-refractivity contribution is -0.116. The van der Waals surface area contributed by atoms with Gasteiger partial charge in [0, 0.05) is 6.20 Å². The molecule has 2 aromatic rings. The lowest BCUT2D eigenvalue weighted by atomic mass is 10.1. The number of carbonyl (C=O) groups is 1. The van der Waals surface area contributed by atoms with Gasteiger partial charge in [0.2, 0.25) is 5.91 Å². The molecular weight excluding hydrogens is 297 g/mol. The molecule has 2 rings (SSSR count). The predicted molar refractivity (Wildman–Crippen MR) is 81.4 cm³/mol. The molecule has 1 heterocycles. The highest BCUT2D eigenvalue weighted by atomic mass is 35.5. The molecule has 0 bridgehead atoms. The average Bonchev–Trinajstić information content (AvgIpc) is 2.82. The normalized spacial score (nSPS) is 10.6. The molecular formula is C14H15Cl2N3O. The van der Waals surface area contributed by atoms with Gasteiger partial charge in [-0.1, -0.05) is 29.8 Å². The third kappa shape index (κ3) is 3.14. The SMILES string of the molecule is Cc1cccc(C)c1N(Cn1cc(Cl)cn1)C(=O)CCl. The second kappa shape index (κ2) is 6.29. The summed E-state index contributed by atoms with van der Waals surface area (Å²) in [6.45, 7) is 4.21. The van der Waals surface area contributed by atoms with Crippen molar-refractivity contribution < 1.29 is 4.79 Å². The van der Waals surface area contributed by atoms with E-state index in [0.717, 1.165) is 16.8 Å². The van der Waals surface area contributed by atoms with Crippen LogP contribution in [0.25, 0.3) is 0 Å². The summed E-state index contributed by atoms with van der Waals surface area (Å²) in [5, 5.41) is 4.64. The van der Waals surface area contributed by atoms with E-state index in [1.165, 1.54) is 6.20 Å². The first-order valence-corrected chi connectivity index (χ1v) is 7.04. The van der Waals surface area contributed by atoms with Crippen molar-refractivity contribution in [3.05, 3.63) is 46.7 Å². The molecule has 1 aromatic heterocycles. The third-order valence-corrected chi connectivity index (χ3v) is 3.44. The van der Waals surface area contributed by atoms with Crippen LogP contribution in [0.2, 0.25) is 5.02 Å². The first kappa shape index (κ1) is 14.9. The minimum Gasteiger partial charge on any atom is -0.291 e. The maximum atomic E-state index is 12.1. The number of benzene rings is 1. The molecule has 0 N–H and O–H groups in total. The number of halogens is 2. The molecule has 0 aliphatic heterocycles. The number of alkyl halides is 1. The Kier molecular flexibility index (Phi) is 4.68. The van der Waals surface area contributed by atoms with Gasteiger partial charge in [0.15, 0.2) is 0 Å². The Hall–Kier alpha value is -1.52. The van der Waals surface area contributed by atoms with Crippen molar-refractivity contribution in [3.63, 3.8) is 0 Å². The summed E-state index contributed by atoms with van der Waals surface area (Å²) in [4.78, 5) is 13.8. The van der Waals surface area contributed by atoms with Crippen LogP contribution >= 0.6 is 23.2 Å². The highest BCUT2D eigenvalue weighted by molar-refractivity contribution is 6.30. The molecule has 4 nitrogen and oxygen atoms in total. The molecule has 0 unspecified atom stereocenters. The maximum Gasteiger partial charge on any atom is 0.243 e. The number of hydrogen-bond acceptors (Lipinski definition) is 2. The van der Waals surface area contributed by atoms with Gasteiger partial charge in [0.05, 0.1) is 16.9 Å². The molecule has 0 aliphatic carbocycles. The van der Waals surface area contributed by atoms with Crippen molar-refractivity contribution in [1.82, 2.24) is 9.78 Å². The van der Waals surface area contributed by atoms with Crippen molar-refractivity contribution in [2.24, 2.45) is 0 Å². The molecule has 0 saturated heterocycles. The first-order chi connectivity index (χ1) is 9.52. The number of para-hydroxylation sites is 1. The summed E-state index contributed by atoms with van der Waals surface area (Å²) in [6, 6.07) is 5.89. The Morgan fingerprint density at radius 2 is 2.00 bits per heavy atom. The standard InChI is InChI=1S/C14H15Cl2N3O/c1-10-4-3-5-11(2)14(10)19(13(20)6-15)9-18-8-12(16)7-17-18/h3-5,7-8H,6,9H2,1-2H3. The number of aryl methyl sites for hydroxylation is 2. The van der Waals surface area contributed by atoms with E-state index >= 15 is 0 Å². The molecule has 0 aliphatic rings. The molecule has 1 amide bonds. The zero-order valence-corrected chi connectivity index (χ0v) is 12.8. The zero-order chi connectivity index (χ0) is 14.7. The summed E-state index contributed by atoms with van der Waals surface area (Å²) in [6.07, 6.45) is 3.21. The Labute approximate surface area is 127 Å². The number of carbonyl (C=O) groups excluding carboxylic acids is 1. The van der Waals surface area contributed by atoms with Crippen LogP contribution in [0, 0.1) is 13.8 Å². The smallest absolute Gasteiger partial charge is 0.243 e. The van der Waals surface area contributed by atoms with Crippen LogP contribution in [0.5, 0.6) is 0 Å². The van der Waals surface area contributed by atoms with E-state index in [0.29, 0.717) is 5.02 Å². The van der Waals surface area contributed by atoms with Gasteiger partial charge < -0.3 is 0 Å². The number of rotatable bonds is 4. The van der Waals surface area contributed by atoms with E-state index in [1.807, 2.05) is 32.0 Å². The second-order valence-corrected chi connectivity index (χ2v) is 5.24. The van der Waals surface area contributed by atoms with E-state index in [9.17, 15) is 4.79 Å². The lowest BCUT2D eigenvalue weighted by Crippen LogP contribution is -2.35. The van der Waals surface area contributed by atoms with Crippen molar-refractivity contribution in [2.45, 2.75) is 20.5 Å². The minimum atomic E-state index is -0.171. The van der Waals surface area contributed by atoms with Crippen LogP contribution in [0.3, 0.4) is 0 Å². The van der Waals surface area contributed by atoms with Crippen LogP contribution in [0.1, 0.15) is 11.1 Å². The zero-order valence-electron chi connectivity index (χ0n) is 11.3. The van der Waals surface area contributed by atoms with Gasteiger partial charge in [0.25, 0.3) is 0 Å². The molecule has 0 atom stereocenters. The van der Waals surface area contributed by atoms with Gasteiger partial charge >= 0.3 is 0 Å². The van der Waals surface area contributed by atoms with Gasteiger partial charge in [-0.2, -0.15) is 5.10 Å². The number of amides is 1. The molecule has 0 radical (unpaired) electrons. The summed E-state index contributed by atoms with van der Waals surface area (Å²) < 4.78 is 1.61. The number of nitrogens with zero attached hydrogens (tertiary/aromatic N) is 3. The monoisotopic (exact) mass is 311 g/mol. The highest BCUT2D eigenvalue weighted by Crippen LogP contribution is 2.25. The van der Waals surface area contributed by atoms with E-state index < -0.39 is 0 Å². The largest absolute Gasteiger partial charge is 0.291 e. The quantitative estimate of drug-likeness (QED) is 0.812. The van der Waals surface area contributed by atoms with E-state index in [-0.39, 0.29) is 18.5 Å². The molecule has 0 spiro atoms. The Balaban J connectivity index is 2.40. The fraction of sp³-hybridized carbons (Fsp3) is 0.286. The van der Waals surface area contributed by atoms with E-state index in [1.54, 1.807) is 15.8 Å². The fourth-order valence-electron chi connectivity index (χ4n) is 2.14. The lowest BCUT2D eigenvalue weighted by Gasteiger charge is -2.25. The van der Waals surface area contributed by atoms with Gasteiger partial charge in [-0.25, -0.2) is 0 Å². The van der Waals surface area contributed by atoms with E-state index in [2.05, 4.69) is 5.10 Å². The summed E-state index contributed by atoms with van der Waals surface area (Å²) in [5.41, 5.74) is 2.90. The van der Waals surface area contributed by atoms with Crippen molar-refractivity contribution in [2.75, 3.05) is 10.8 Å². The molecule has 20 heavy (non-hydrogen) atoms. The van der Waals surface area contributed by atoms with Crippen molar-refractivity contribution in [3.8, 4) is 0 Å². The van der Waals surface area contributed by atoms with E-state index in [4.69, 9.17) is 23.2 Å². The second-order valence-electron chi connectivity index (χ2n) is 4.54. The maximum absolute atomic E-state index is 12.1. The molecule has 0 fully saturated rings. The van der Waals surface area contributed by atoms with Crippen LogP contribution < -0.4 is 4.90 Å². The summed E-state index contributed by atoms with van der Waals surface area (Å²) in [7, 11) is 0. The van der Waals surface area contributed by atoms with Crippen LogP contribution in [-0.2, 0) is 11.5 Å². The van der Waals surface area contributed by atoms with Crippen molar-refractivity contribution in [1.29, 1.82) is 0 Å². The third-order valence-electron chi connectivity index (χ3n) is 3.01. The van der Waals surface area contributed by atoms with Gasteiger partial charge in [-0.05, 0) is 25.0 Å². The predicted octanol–water partition coefficient (Wildman–Crippen LogP) is 3.38. The van der Waals surface area contributed by atoms with Gasteiger partial charge in [0.1, 0.15) is 12.5 Å². The van der Waals surface area contributed by atoms with Gasteiger partial charge in [-0.15, -0.1) is 11.6 Å². The summed E-state index contributed by atoms with van der Waals surface area (Å²) in [5.74, 6) is -0.251. The summed E-state index contributed by atoms with van der Waals surface area (Å²) >= 11 is 11.6. The number of hydrogen-bond donors (Lipinski definition) is 0. The fourth-order valence-corrected chi connectivity index (χ4v) is 2.44. The molecule has 106 valence electrons. The molecule has 6 heteroatoms. The molecule has 1 aromatic carbocycles. The molecule has 0 saturated carbocycles. The van der Waals surface area contributed by atoms with Gasteiger partial charge in [-0.3, -0.25) is 14.4 Å². The Morgan fingerprint density at radius 3 is 2.50 bits per heavy atom. The topological polar surface area (TPSA) is 38.1 Å². The van der Waals surface area contributed by atoms with Crippen LogP contribution in [0.15, 0.2) is 30.6 Å². The number of anilines is 1.